The summed E-state index contributed by atoms with van der Waals surface area (Å²) in [6.07, 6.45) is 7.18. The highest BCUT2D eigenvalue weighted by Crippen LogP contribution is 2.40. The molecule has 5 rings (SSSR count). The molecule has 2 heterocycles. The Morgan fingerprint density at radius 3 is 2.51 bits per heavy atom. The second-order valence-corrected chi connectivity index (χ2v) is 7.84. The summed E-state index contributed by atoms with van der Waals surface area (Å²) < 4.78 is 21.1. The minimum absolute atomic E-state index is 0.0826. The third kappa shape index (κ3) is 5.66. The Morgan fingerprint density at radius 1 is 1.11 bits per heavy atom. The molecule has 2 aromatic carbocycles. The summed E-state index contributed by atoms with van der Waals surface area (Å²) in [5, 5.41) is 7.00. The van der Waals surface area contributed by atoms with Gasteiger partial charge in [0.2, 0.25) is 0 Å². The van der Waals surface area contributed by atoms with Crippen LogP contribution in [0.5, 0.6) is 11.5 Å². The fraction of sp³-hybridized carbons (Fsp3) is 0.296. The van der Waals surface area contributed by atoms with Gasteiger partial charge in [-0.3, -0.25) is 4.40 Å². The largest absolute Gasteiger partial charge is 0.457 e. The molecule has 4 aromatic rings. The van der Waals surface area contributed by atoms with E-state index in [0.29, 0.717) is 17.3 Å². The predicted octanol–water partition coefficient (Wildman–Crippen LogP) is 5.63. The number of carbonyl (C=O) groups excluding carboxylic acids is 1. The number of fused-ring (bicyclic) bond motifs is 1. The molecule has 184 valence electrons. The van der Waals surface area contributed by atoms with E-state index in [9.17, 15) is 9.18 Å². The van der Waals surface area contributed by atoms with E-state index in [1.165, 1.54) is 12.1 Å². The number of carbonyl (C=O) groups is 1. The average Bonchev–Trinajstić information content (AvgIpc) is 3.53. The van der Waals surface area contributed by atoms with E-state index in [4.69, 9.17) is 20.6 Å². The molecule has 0 radical (unpaired) electrons. The number of hydrogen-bond donors (Lipinski definition) is 2. The van der Waals surface area contributed by atoms with Crippen molar-refractivity contribution in [1.82, 2.24) is 14.4 Å². The van der Waals surface area contributed by atoms with Crippen molar-refractivity contribution >= 4 is 17.6 Å². The fourth-order valence-electron chi connectivity index (χ4n) is 4.30. The predicted molar refractivity (Wildman–Crippen MR) is 135 cm³/mol. The first-order valence-electron chi connectivity index (χ1n) is 11.7. The Bertz CT molecular complexity index is 1260. The molecule has 2 atom stereocenters. The molecule has 0 spiro atoms. The highest BCUT2D eigenvalue weighted by Gasteiger charge is 2.30. The number of nitrogens with two attached hydrogens (primary N) is 1. The zero-order chi connectivity index (χ0) is 25.4. The van der Waals surface area contributed by atoms with Crippen LogP contribution in [0.25, 0.3) is 16.8 Å². The molecular weight excluding hydrogens is 447 g/mol. The van der Waals surface area contributed by atoms with E-state index >= 15 is 0 Å². The Balaban J connectivity index is 0.000000815. The van der Waals surface area contributed by atoms with Crippen LogP contribution in [0.4, 0.5) is 10.2 Å². The number of ether oxygens (including phenoxy) is 1. The van der Waals surface area contributed by atoms with Gasteiger partial charge in [0.05, 0.1) is 0 Å². The smallest absolute Gasteiger partial charge is 0.150 e. The number of imidazole rings is 1. The van der Waals surface area contributed by atoms with Crippen LogP contribution in [0.2, 0.25) is 0 Å². The summed E-state index contributed by atoms with van der Waals surface area (Å²) in [7, 11) is 1.00. The number of rotatable bonds is 5. The minimum Gasteiger partial charge on any atom is -0.457 e. The molecular formula is C27H31FN4O3. The van der Waals surface area contributed by atoms with E-state index in [1.807, 2.05) is 48.7 Å². The second kappa shape index (κ2) is 12.1. The van der Waals surface area contributed by atoms with E-state index in [-0.39, 0.29) is 17.7 Å². The van der Waals surface area contributed by atoms with Crippen LogP contribution in [-0.4, -0.2) is 32.9 Å². The number of nitrogen functional groups attached to an aromatic ring is 1. The third-order valence-corrected chi connectivity index (χ3v) is 5.80. The molecule has 1 aliphatic carbocycles. The fourth-order valence-corrected chi connectivity index (χ4v) is 4.30. The van der Waals surface area contributed by atoms with Crippen molar-refractivity contribution in [1.29, 1.82) is 0 Å². The van der Waals surface area contributed by atoms with E-state index < -0.39 is 0 Å². The monoisotopic (exact) mass is 478 g/mol. The van der Waals surface area contributed by atoms with Crippen molar-refractivity contribution in [3.05, 3.63) is 72.6 Å². The zero-order valence-electron chi connectivity index (χ0n) is 20.2. The molecule has 35 heavy (non-hydrogen) atoms. The SMILES string of the molecule is CC.CO.Nc1nccn2c(C3CCC(C=O)C3)nc(-c3ccc(Oc4cccc(F)c4)cc3)c12. The summed E-state index contributed by atoms with van der Waals surface area (Å²) in [5.41, 5.74) is 8.59. The first kappa shape index (κ1) is 25.8. The van der Waals surface area contributed by atoms with Gasteiger partial charge in [-0.25, -0.2) is 14.4 Å². The van der Waals surface area contributed by atoms with Gasteiger partial charge in [-0.2, -0.15) is 0 Å². The first-order valence-corrected chi connectivity index (χ1v) is 11.7. The number of halogens is 1. The summed E-state index contributed by atoms with van der Waals surface area (Å²) >= 11 is 0. The minimum atomic E-state index is -0.349. The van der Waals surface area contributed by atoms with Gasteiger partial charge < -0.3 is 20.4 Å². The highest BCUT2D eigenvalue weighted by molar-refractivity contribution is 5.85. The van der Waals surface area contributed by atoms with Crippen LogP contribution in [0.3, 0.4) is 0 Å². The molecule has 2 aromatic heterocycles. The van der Waals surface area contributed by atoms with Gasteiger partial charge in [0.25, 0.3) is 0 Å². The van der Waals surface area contributed by atoms with Crippen LogP contribution < -0.4 is 10.5 Å². The quantitative estimate of drug-likeness (QED) is 0.361. The standard InChI is InChI=1S/C24H21FN4O2.C2H6.CH4O/c25-18-2-1-3-20(13-18)31-19-8-6-16(7-9-19)21-22-23(26)27-10-11-29(22)24(28-21)17-5-4-15(12-17)14-30;2*1-2/h1-3,6-11,13-15,17H,4-5,12H2,(H2,26,27);1-2H3;2H,1H3. The van der Waals surface area contributed by atoms with Crippen molar-refractivity contribution in [3.8, 4) is 22.8 Å². The summed E-state index contributed by atoms with van der Waals surface area (Å²) in [4.78, 5) is 20.4. The number of benzene rings is 2. The van der Waals surface area contributed by atoms with Crippen LogP contribution in [-0.2, 0) is 4.79 Å². The van der Waals surface area contributed by atoms with Crippen molar-refractivity contribution in [3.63, 3.8) is 0 Å². The maximum atomic E-state index is 13.4. The van der Waals surface area contributed by atoms with Crippen LogP contribution in [0.15, 0.2) is 60.9 Å². The molecule has 1 aliphatic rings. The normalized spacial score (nSPS) is 16.6. The molecule has 3 N–H and O–H groups in total. The topological polar surface area (TPSA) is 103 Å². The number of nitrogens with zero attached hydrogens (tertiary/aromatic N) is 3. The van der Waals surface area contributed by atoms with Crippen molar-refractivity contribution in [2.45, 2.75) is 39.0 Å². The maximum Gasteiger partial charge on any atom is 0.150 e. The summed E-state index contributed by atoms with van der Waals surface area (Å²) in [5.74, 6) is 2.27. The van der Waals surface area contributed by atoms with Gasteiger partial charge in [-0.1, -0.05) is 19.9 Å². The van der Waals surface area contributed by atoms with Crippen LogP contribution in [0.1, 0.15) is 44.9 Å². The molecule has 0 amide bonds. The molecule has 2 unspecified atom stereocenters. The van der Waals surface area contributed by atoms with Crippen molar-refractivity contribution < 1.29 is 19.0 Å². The van der Waals surface area contributed by atoms with E-state index in [0.717, 1.165) is 55.3 Å². The average molecular weight is 479 g/mol. The molecule has 1 saturated carbocycles. The molecule has 7 nitrogen and oxygen atoms in total. The molecule has 1 fully saturated rings. The van der Waals surface area contributed by atoms with Gasteiger partial charge in [0, 0.05) is 43.0 Å². The van der Waals surface area contributed by atoms with Gasteiger partial charge in [0.15, 0.2) is 0 Å². The molecule has 0 aliphatic heterocycles. The summed E-state index contributed by atoms with van der Waals surface area (Å²) in [6, 6.07) is 13.4. The van der Waals surface area contributed by atoms with Gasteiger partial charge >= 0.3 is 0 Å². The van der Waals surface area contributed by atoms with Crippen LogP contribution >= 0.6 is 0 Å². The maximum absolute atomic E-state index is 13.4. The number of aliphatic hydroxyl groups is 1. The Kier molecular flexibility index (Phi) is 8.92. The Morgan fingerprint density at radius 2 is 1.86 bits per heavy atom. The molecule has 8 heteroatoms. The third-order valence-electron chi connectivity index (χ3n) is 5.80. The Labute approximate surface area is 204 Å². The number of aldehydes is 1. The van der Waals surface area contributed by atoms with E-state index in [1.54, 1.807) is 18.3 Å². The lowest BCUT2D eigenvalue weighted by molar-refractivity contribution is -0.110. The lowest BCUT2D eigenvalue weighted by atomic mass is 10.1. The lowest BCUT2D eigenvalue weighted by Crippen LogP contribution is -2.03. The van der Waals surface area contributed by atoms with Crippen molar-refractivity contribution in [2.24, 2.45) is 5.92 Å². The number of aromatic nitrogens is 3. The van der Waals surface area contributed by atoms with Gasteiger partial charge in [-0.05, 0) is 55.7 Å². The molecule has 0 bridgehead atoms. The van der Waals surface area contributed by atoms with Gasteiger partial charge in [-0.15, -0.1) is 0 Å². The first-order chi connectivity index (χ1) is 17.1. The zero-order valence-corrected chi connectivity index (χ0v) is 20.2. The van der Waals surface area contributed by atoms with Crippen molar-refractivity contribution in [2.75, 3.05) is 12.8 Å². The van der Waals surface area contributed by atoms with E-state index in [2.05, 4.69) is 4.98 Å². The second-order valence-electron chi connectivity index (χ2n) is 7.84. The number of anilines is 1. The Hall–Kier alpha value is -3.78. The number of hydrogen-bond acceptors (Lipinski definition) is 6. The number of aliphatic hydroxyl groups excluding tert-OH is 1. The summed E-state index contributed by atoms with van der Waals surface area (Å²) in [6.45, 7) is 4.00. The van der Waals surface area contributed by atoms with Gasteiger partial charge in [0.1, 0.15) is 46.5 Å². The molecule has 0 saturated heterocycles. The van der Waals surface area contributed by atoms with Crippen LogP contribution in [0, 0.1) is 11.7 Å². The highest BCUT2D eigenvalue weighted by atomic mass is 19.1. The lowest BCUT2D eigenvalue weighted by Gasteiger charge is -2.08.